The van der Waals surface area contributed by atoms with Crippen LogP contribution in [-0.2, 0) is 0 Å². The normalized spacial score (nSPS) is 10.4. The number of para-hydroxylation sites is 1. The molecule has 3 rings (SSSR count). The van der Waals surface area contributed by atoms with E-state index in [4.69, 9.17) is 4.74 Å². The number of aromatic nitrogens is 2. The second kappa shape index (κ2) is 6.82. The van der Waals surface area contributed by atoms with Gasteiger partial charge in [-0.3, -0.25) is 10.4 Å². The minimum Gasteiger partial charge on any atom is -0.490 e. The van der Waals surface area contributed by atoms with Gasteiger partial charge in [0.25, 0.3) is 0 Å². The Hall–Kier alpha value is -3.35. The lowest BCUT2D eigenvalue weighted by molar-refractivity contribution is 0.262. The monoisotopic (exact) mass is 326 g/mol. The Morgan fingerprint density at radius 1 is 1.29 bits per heavy atom. The van der Waals surface area contributed by atoms with E-state index in [1.807, 2.05) is 0 Å². The molecular weight excluding hydrogens is 311 g/mol. The third kappa shape index (κ3) is 3.35. The Kier molecular flexibility index (Phi) is 4.42. The van der Waals surface area contributed by atoms with Crippen molar-refractivity contribution in [2.75, 3.05) is 17.2 Å². The number of amides is 2. The van der Waals surface area contributed by atoms with Gasteiger partial charge in [0.1, 0.15) is 18.2 Å². The average Bonchev–Trinajstić information content (AvgIpc) is 2.97. The summed E-state index contributed by atoms with van der Waals surface area (Å²) < 4.78 is 19.0. The van der Waals surface area contributed by atoms with Crippen LogP contribution in [0.15, 0.2) is 55.1 Å². The minimum atomic E-state index is -0.592. The summed E-state index contributed by atoms with van der Waals surface area (Å²) in [6, 6.07) is 10.7. The predicted molar refractivity (Wildman–Crippen MR) is 90.8 cm³/mol. The second-order valence-corrected chi connectivity index (χ2v) is 4.94. The fraction of sp³-hybridized carbons (Fsp3) is 0.0588. The number of benzene rings is 2. The fourth-order valence-corrected chi connectivity index (χ4v) is 2.16. The highest BCUT2D eigenvalue weighted by atomic mass is 19.1. The number of halogens is 1. The van der Waals surface area contributed by atoms with Gasteiger partial charge < -0.3 is 10.1 Å². The molecule has 7 heteroatoms. The largest absolute Gasteiger partial charge is 0.490 e. The number of ether oxygens (including phenoxy) is 1. The van der Waals surface area contributed by atoms with Gasteiger partial charge in [-0.15, -0.1) is 0 Å². The minimum absolute atomic E-state index is 0.0878. The molecule has 0 spiro atoms. The molecule has 1 aromatic heterocycles. The number of hydrogen-bond donors (Lipinski definition) is 3. The molecule has 0 saturated carbocycles. The van der Waals surface area contributed by atoms with Gasteiger partial charge in [0, 0.05) is 5.39 Å². The van der Waals surface area contributed by atoms with Crippen LogP contribution in [0.4, 0.5) is 20.7 Å². The molecule has 1 heterocycles. The number of hydrogen-bond acceptors (Lipinski definition) is 3. The van der Waals surface area contributed by atoms with Crippen LogP contribution in [0.2, 0.25) is 0 Å². The van der Waals surface area contributed by atoms with E-state index >= 15 is 0 Å². The molecule has 0 atom stereocenters. The highest BCUT2D eigenvalue weighted by Crippen LogP contribution is 2.25. The number of fused-ring (bicyclic) bond motifs is 1. The zero-order valence-electron chi connectivity index (χ0n) is 12.7. The van der Waals surface area contributed by atoms with E-state index in [0.29, 0.717) is 23.6 Å². The topological polar surface area (TPSA) is 79.0 Å². The average molecular weight is 326 g/mol. The van der Waals surface area contributed by atoms with Crippen molar-refractivity contribution in [1.29, 1.82) is 0 Å². The molecule has 6 nitrogen and oxygen atoms in total. The number of carbonyl (C=O) groups excluding carboxylic acids is 1. The van der Waals surface area contributed by atoms with Gasteiger partial charge >= 0.3 is 6.03 Å². The van der Waals surface area contributed by atoms with Crippen LogP contribution in [0.1, 0.15) is 0 Å². The first-order valence-corrected chi connectivity index (χ1v) is 7.21. The van der Waals surface area contributed by atoms with E-state index in [0.717, 1.165) is 5.52 Å². The summed E-state index contributed by atoms with van der Waals surface area (Å²) in [6.45, 7) is 3.97. The third-order valence-electron chi connectivity index (χ3n) is 3.26. The van der Waals surface area contributed by atoms with Crippen molar-refractivity contribution in [3.63, 3.8) is 0 Å². The molecule has 24 heavy (non-hydrogen) atoms. The van der Waals surface area contributed by atoms with Gasteiger partial charge in [0.2, 0.25) is 0 Å². The SMILES string of the molecule is C=CCOc1ccc2[nH]nc(NC(=O)Nc3ccccc3F)c2c1. The molecule has 0 radical (unpaired) electrons. The summed E-state index contributed by atoms with van der Waals surface area (Å²) in [5.41, 5.74) is 0.826. The van der Waals surface area contributed by atoms with Gasteiger partial charge in [-0.2, -0.15) is 5.10 Å². The Bertz CT molecular complexity index is 891. The van der Waals surface area contributed by atoms with Gasteiger partial charge in [-0.25, -0.2) is 9.18 Å². The number of rotatable bonds is 5. The number of aromatic amines is 1. The highest BCUT2D eigenvalue weighted by molar-refractivity contribution is 6.04. The van der Waals surface area contributed by atoms with Gasteiger partial charge in [-0.05, 0) is 30.3 Å². The molecule has 0 aliphatic rings. The summed E-state index contributed by atoms with van der Waals surface area (Å²) in [5, 5.41) is 12.6. The second-order valence-electron chi connectivity index (χ2n) is 4.94. The third-order valence-corrected chi connectivity index (χ3v) is 3.26. The van der Waals surface area contributed by atoms with Gasteiger partial charge in [0.05, 0.1) is 11.2 Å². The summed E-state index contributed by atoms with van der Waals surface area (Å²) in [7, 11) is 0. The summed E-state index contributed by atoms with van der Waals surface area (Å²) in [5.74, 6) is 0.434. The van der Waals surface area contributed by atoms with Crippen LogP contribution in [0.5, 0.6) is 5.75 Å². The maximum atomic E-state index is 13.6. The van der Waals surface area contributed by atoms with Crippen molar-refractivity contribution in [1.82, 2.24) is 10.2 Å². The van der Waals surface area contributed by atoms with Crippen LogP contribution in [-0.4, -0.2) is 22.8 Å². The van der Waals surface area contributed by atoms with Crippen molar-refractivity contribution in [2.45, 2.75) is 0 Å². The number of anilines is 2. The predicted octanol–water partition coefficient (Wildman–Crippen LogP) is 3.91. The van der Waals surface area contributed by atoms with Crippen molar-refractivity contribution >= 4 is 28.4 Å². The van der Waals surface area contributed by atoms with Crippen molar-refractivity contribution in [2.24, 2.45) is 0 Å². The zero-order chi connectivity index (χ0) is 16.9. The van der Waals surface area contributed by atoms with Crippen LogP contribution in [0.25, 0.3) is 10.9 Å². The van der Waals surface area contributed by atoms with Crippen molar-refractivity contribution in [3.8, 4) is 5.75 Å². The molecular formula is C17H15FN4O2. The lowest BCUT2D eigenvalue weighted by Gasteiger charge is -2.07. The number of H-pyrrole nitrogens is 1. The Balaban J connectivity index is 1.78. The first-order valence-electron chi connectivity index (χ1n) is 7.21. The molecule has 0 unspecified atom stereocenters. The molecule has 2 amide bonds. The molecule has 122 valence electrons. The summed E-state index contributed by atoms with van der Waals surface area (Å²) in [4.78, 5) is 12.0. The first kappa shape index (κ1) is 15.5. The standard InChI is InChI=1S/C17H15FN4O2/c1-2-9-24-11-7-8-14-12(10-11)16(22-21-14)20-17(23)19-15-6-4-3-5-13(15)18/h2-8,10H,1,9H2,(H3,19,20,21,22,23). The smallest absolute Gasteiger partial charge is 0.324 e. The molecule has 0 fully saturated rings. The van der Waals surface area contributed by atoms with Gasteiger partial charge in [-0.1, -0.05) is 24.8 Å². The maximum Gasteiger partial charge on any atom is 0.324 e. The molecule has 3 aromatic rings. The number of nitrogens with zero attached hydrogens (tertiary/aromatic N) is 1. The molecule has 2 aromatic carbocycles. The van der Waals surface area contributed by atoms with Crippen molar-refractivity contribution < 1.29 is 13.9 Å². The molecule has 0 bridgehead atoms. The van der Waals surface area contributed by atoms with E-state index in [-0.39, 0.29) is 5.69 Å². The van der Waals surface area contributed by atoms with E-state index in [2.05, 4.69) is 27.4 Å². The quantitative estimate of drug-likeness (QED) is 0.622. The van der Waals surface area contributed by atoms with Gasteiger partial charge in [0.15, 0.2) is 5.82 Å². The van der Waals surface area contributed by atoms with Crippen LogP contribution in [0, 0.1) is 5.82 Å². The number of nitrogens with one attached hydrogen (secondary N) is 3. The lowest BCUT2D eigenvalue weighted by atomic mass is 10.2. The molecule has 0 aliphatic carbocycles. The first-order chi connectivity index (χ1) is 11.7. The molecule has 3 N–H and O–H groups in total. The maximum absolute atomic E-state index is 13.6. The summed E-state index contributed by atoms with van der Waals surface area (Å²) >= 11 is 0. The van der Waals surface area contributed by atoms with Crippen LogP contribution >= 0.6 is 0 Å². The zero-order valence-corrected chi connectivity index (χ0v) is 12.7. The number of urea groups is 1. The fourth-order valence-electron chi connectivity index (χ4n) is 2.16. The Morgan fingerprint density at radius 2 is 2.12 bits per heavy atom. The van der Waals surface area contributed by atoms with Crippen LogP contribution < -0.4 is 15.4 Å². The summed E-state index contributed by atoms with van der Waals surface area (Å²) in [6.07, 6.45) is 1.64. The Morgan fingerprint density at radius 3 is 2.92 bits per heavy atom. The van der Waals surface area contributed by atoms with E-state index < -0.39 is 11.8 Å². The van der Waals surface area contributed by atoms with Crippen molar-refractivity contribution in [3.05, 3.63) is 60.9 Å². The lowest BCUT2D eigenvalue weighted by Crippen LogP contribution is -2.20. The Labute approximate surface area is 137 Å². The number of carbonyl (C=O) groups is 1. The van der Waals surface area contributed by atoms with E-state index in [1.54, 1.807) is 36.4 Å². The highest BCUT2D eigenvalue weighted by Gasteiger charge is 2.12. The van der Waals surface area contributed by atoms with Crippen LogP contribution in [0.3, 0.4) is 0 Å². The molecule has 0 saturated heterocycles. The van der Waals surface area contributed by atoms with E-state index in [9.17, 15) is 9.18 Å². The van der Waals surface area contributed by atoms with E-state index in [1.165, 1.54) is 12.1 Å². The molecule has 0 aliphatic heterocycles.